The van der Waals surface area contributed by atoms with Crippen molar-refractivity contribution in [2.75, 3.05) is 5.32 Å². The molecule has 0 unspecified atom stereocenters. The Kier molecular flexibility index (Phi) is 3.63. The van der Waals surface area contributed by atoms with E-state index < -0.39 is 0 Å². The first-order valence-electron chi connectivity index (χ1n) is 7.63. The number of nitrogens with one attached hydrogen (secondary N) is 2. The Bertz CT molecular complexity index is 1080. The number of aromatic nitrogens is 1. The molecule has 0 bridgehead atoms. The number of anilines is 2. The number of benzene rings is 3. The smallest absolute Gasteiger partial charge is 0.289 e. The van der Waals surface area contributed by atoms with Crippen LogP contribution in [0.3, 0.4) is 0 Å². The van der Waals surface area contributed by atoms with Crippen LogP contribution < -0.4 is 15.6 Å². The van der Waals surface area contributed by atoms with Gasteiger partial charge in [0.15, 0.2) is 5.58 Å². The highest BCUT2D eigenvalue weighted by molar-refractivity contribution is 5.91. The van der Waals surface area contributed by atoms with E-state index in [1.165, 1.54) is 6.07 Å². The zero-order valence-electron chi connectivity index (χ0n) is 13.0. The molecule has 0 spiro atoms. The first kappa shape index (κ1) is 14.9. The molecule has 4 rings (SSSR count). The molecule has 0 radical (unpaired) electrons. The van der Waals surface area contributed by atoms with E-state index in [1.54, 1.807) is 42.5 Å². The number of phenols is 1. The number of phenolic OH excluding ortho intramolecular Hbond substituents is 1. The number of fused-ring (bicyclic) bond motifs is 1. The van der Waals surface area contributed by atoms with Gasteiger partial charge in [0.05, 0.1) is 5.69 Å². The number of ether oxygens (including phenoxy) is 1. The summed E-state index contributed by atoms with van der Waals surface area (Å²) in [7, 11) is 0. The summed E-state index contributed by atoms with van der Waals surface area (Å²) in [6, 6.07) is 19.2. The fourth-order valence-corrected chi connectivity index (χ4v) is 2.55. The molecule has 0 atom stereocenters. The van der Waals surface area contributed by atoms with Gasteiger partial charge in [0.2, 0.25) is 0 Å². The second-order valence-electron chi connectivity index (χ2n) is 5.46. The maximum absolute atomic E-state index is 11.8. The van der Waals surface area contributed by atoms with E-state index in [0.29, 0.717) is 28.2 Å². The summed E-state index contributed by atoms with van der Waals surface area (Å²) in [5, 5.41) is 15.5. The molecule has 0 saturated heterocycles. The van der Waals surface area contributed by atoms with Crippen molar-refractivity contribution in [1.29, 1.82) is 0 Å². The van der Waals surface area contributed by atoms with Crippen molar-refractivity contribution in [3.8, 4) is 17.2 Å². The van der Waals surface area contributed by atoms with E-state index in [1.807, 2.05) is 18.2 Å². The van der Waals surface area contributed by atoms with Crippen LogP contribution in [0.2, 0.25) is 0 Å². The Balaban J connectivity index is 1.56. The lowest BCUT2D eigenvalue weighted by atomic mass is 10.2. The molecule has 3 aromatic carbocycles. The van der Waals surface area contributed by atoms with Crippen molar-refractivity contribution in [2.24, 2.45) is 0 Å². The normalized spacial score (nSPS) is 10.7. The highest BCUT2D eigenvalue weighted by Crippen LogP contribution is 2.28. The summed E-state index contributed by atoms with van der Waals surface area (Å²) in [6.45, 7) is 0. The van der Waals surface area contributed by atoms with E-state index in [9.17, 15) is 9.90 Å². The van der Waals surface area contributed by atoms with Gasteiger partial charge >= 0.3 is 0 Å². The van der Waals surface area contributed by atoms with Crippen LogP contribution >= 0.6 is 0 Å². The number of aromatic hydroxyl groups is 1. The first-order chi connectivity index (χ1) is 12.2. The summed E-state index contributed by atoms with van der Waals surface area (Å²) in [6.07, 6.45) is 0. The van der Waals surface area contributed by atoms with Gasteiger partial charge < -0.3 is 19.7 Å². The van der Waals surface area contributed by atoms with Gasteiger partial charge in [0.25, 0.3) is 5.56 Å². The highest BCUT2D eigenvalue weighted by Gasteiger charge is 2.09. The largest absolute Gasteiger partial charge is 0.508 e. The van der Waals surface area contributed by atoms with Crippen molar-refractivity contribution in [3.05, 3.63) is 77.1 Å². The van der Waals surface area contributed by atoms with Gasteiger partial charge in [0.1, 0.15) is 22.6 Å². The third-order valence-corrected chi connectivity index (χ3v) is 3.69. The van der Waals surface area contributed by atoms with Gasteiger partial charge in [-0.3, -0.25) is 4.79 Å². The van der Waals surface area contributed by atoms with Gasteiger partial charge in [-0.15, -0.1) is 0 Å². The van der Waals surface area contributed by atoms with Crippen LogP contribution in [-0.4, -0.2) is 10.3 Å². The average Bonchev–Trinajstić information content (AvgIpc) is 2.99. The Hall–Kier alpha value is -3.67. The van der Waals surface area contributed by atoms with Crippen LogP contribution in [0.25, 0.3) is 11.0 Å². The molecule has 3 N–H and O–H groups in total. The molecule has 6 nitrogen and oxygen atoms in total. The van der Waals surface area contributed by atoms with Crippen LogP contribution in [0.5, 0.6) is 17.2 Å². The molecule has 0 aliphatic rings. The lowest BCUT2D eigenvalue weighted by molar-refractivity contribution is 0.449. The van der Waals surface area contributed by atoms with Crippen molar-refractivity contribution in [2.45, 2.75) is 0 Å². The Morgan fingerprint density at radius 3 is 2.56 bits per heavy atom. The predicted molar refractivity (Wildman–Crippen MR) is 94.7 cm³/mol. The van der Waals surface area contributed by atoms with Crippen LogP contribution in [0.15, 0.2) is 76.0 Å². The zero-order chi connectivity index (χ0) is 17.2. The molecule has 4 aromatic rings. The standard InChI is InChI=1S/C19H14N2O4/c22-13-3-1-4-15(11-13)24-14-9-7-12(8-10-14)20-16-5-2-6-17-18(16)19(23)21-25-17/h1-11,20,22H,(H,21,23). The fraction of sp³-hybridized carbons (Fsp3) is 0. The van der Waals surface area contributed by atoms with Crippen molar-refractivity contribution >= 4 is 22.3 Å². The molecular weight excluding hydrogens is 320 g/mol. The summed E-state index contributed by atoms with van der Waals surface area (Å²) >= 11 is 0. The molecule has 0 amide bonds. The number of hydrogen-bond donors (Lipinski definition) is 3. The topological polar surface area (TPSA) is 87.5 Å². The minimum Gasteiger partial charge on any atom is -0.508 e. The van der Waals surface area contributed by atoms with Crippen LogP contribution in [-0.2, 0) is 0 Å². The molecular formula is C19H14N2O4. The third kappa shape index (κ3) is 3.05. The summed E-state index contributed by atoms with van der Waals surface area (Å²) in [4.78, 5) is 11.8. The Labute approximate surface area is 142 Å². The maximum atomic E-state index is 11.8. The molecule has 0 saturated carbocycles. The molecule has 6 heteroatoms. The van der Waals surface area contributed by atoms with Crippen LogP contribution in [0, 0.1) is 0 Å². The van der Waals surface area contributed by atoms with Gasteiger partial charge in [-0.2, -0.15) is 5.16 Å². The summed E-state index contributed by atoms with van der Waals surface area (Å²) in [5.74, 6) is 1.33. The van der Waals surface area contributed by atoms with Gasteiger partial charge in [-0.05, 0) is 48.5 Å². The van der Waals surface area contributed by atoms with E-state index >= 15 is 0 Å². The van der Waals surface area contributed by atoms with Crippen molar-refractivity contribution in [3.63, 3.8) is 0 Å². The Morgan fingerprint density at radius 2 is 1.76 bits per heavy atom. The lowest BCUT2D eigenvalue weighted by Crippen LogP contribution is -2.00. The number of rotatable bonds is 4. The summed E-state index contributed by atoms with van der Waals surface area (Å²) < 4.78 is 10.8. The quantitative estimate of drug-likeness (QED) is 0.516. The molecule has 1 heterocycles. The first-order valence-corrected chi connectivity index (χ1v) is 7.63. The number of hydrogen-bond acceptors (Lipinski definition) is 5. The second kappa shape index (κ2) is 6.09. The minimum atomic E-state index is -0.276. The highest BCUT2D eigenvalue weighted by atomic mass is 16.5. The minimum absolute atomic E-state index is 0.147. The van der Waals surface area contributed by atoms with Crippen LogP contribution in [0.1, 0.15) is 0 Å². The SMILES string of the molecule is O=c1[nH]oc2cccc(Nc3ccc(Oc4cccc(O)c4)cc3)c12. The molecule has 0 aliphatic carbocycles. The van der Waals surface area contributed by atoms with E-state index in [0.717, 1.165) is 5.69 Å². The monoisotopic (exact) mass is 334 g/mol. The number of H-pyrrole nitrogens is 1. The lowest BCUT2D eigenvalue weighted by Gasteiger charge is -2.09. The van der Waals surface area contributed by atoms with Crippen LogP contribution in [0.4, 0.5) is 11.4 Å². The van der Waals surface area contributed by atoms with Gasteiger partial charge in [0, 0.05) is 11.8 Å². The van der Waals surface area contributed by atoms with Crippen molar-refractivity contribution < 1.29 is 14.4 Å². The Morgan fingerprint density at radius 1 is 0.960 bits per heavy atom. The maximum Gasteiger partial charge on any atom is 0.289 e. The molecule has 124 valence electrons. The molecule has 1 aromatic heterocycles. The molecule has 0 aliphatic heterocycles. The zero-order valence-corrected chi connectivity index (χ0v) is 13.0. The average molecular weight is 334 g/mol. The second-order valence-corrected chi connectivity index (χ2v) is 5.46. The van der Waals surface area contributed by atoms with E-state index in [2.05, 4.69) is 10.5 Å². The molecule has 0 fully saturated rings. The van der Waals surface area contributed by atoms with E-state index in [4.69, 9.17) is 9.26 Å². The van der Waals surface area contributed by atoms with Crippen molar-refractivity contribution in [1.82, 2.24) is 5.16 Å². The summed E-state index contributed by atoms with van der Waals surface area (Å²) in [5.41, 5.74) is 1.69. The van der Waals surface area contributed by atoms with Gasteiger partial charge in [-0.25, -0.2) is 0 Å². The van der Waals surface area contributed by atoms with Gasteiger partial charge in [-0.1, -0.05) is 12.1 Å². The number of aromatic amines is 1. The third-order valence-electron chi connectivity index (χ3n) is 3.69. The molecule has 25 heavy (non-hydrogen) atoms. The van der Waals surface area contributed by atoms with E-state index in [-0.39, 0.29) is 11.3 Å². The fourth-order valence-electron chi connectivity index (χ4n) is 2.55. The predicted octanol–water partition coefficient (Wildman–Crippen LogP) is 4.36.